The van der Waals surface area contributed by atoms with E-state index in [4.69, 9.17) is 14.2 Å². The lowest BCUT2D eigenvalue weighted by Gasteiger charge is -2.31. The van der Waals surface area contributed by atoms with Crippen LogP contribution in [-0.2, 0) is 14.2 Å². The van der Waals surface area contributed by atoms with Crippen molar-refractivity contribution in [2.24, 2.45) is 0 Å². The molecule has 1 aliphatic heterocycles. The molecule has 11 heavy (non-hydrogen) atoms. The average molecular weight is 156 g/mol. The minimum Gasteiger partial charge on any atom is -0.469 e. The van der Waals surface area contributed by atoms with Gasteiger partial charge in [-0.15, -0.1) is 0 Å². The highest BCUT2D eigenvalue weighted by Gasteiger charge is 2.27. The van der Waals surface area contributed by atoms with Crippen LogP contribution in [0.5, 0.6) is 0 Å². The van der Waals surface area contributed by atoms with Crippen molar-refractivity contribution in [3.8, 4) is 0 Å². The summed E-state index contributed by atoms with van der Waals surface area (Å²) in [6.07, 6.45) is 1.60. The second-order valence-corrected chi connectivity index (χ2v) is 2.74. The Balaban J connectivity index is 2.78. The highest BCUT2D eigenvalue weighted by atomic mass is 16.8. The van der Waals surface area contributed by atoms with Crippen LogP contribution in [0.2, 0.25) is 0 Å². The van der Waals surface area contributed by atoms with Crippen molar-refractivity contribution in [3.05, 3.63) is 24.4 Å². The van der Waals surface area contributed by atoms with Gasteiger partial charge in [0.15, 0.2) is 0 Å². The van der Waals surface area contributed by atoms with Crippen LogP contribution in [0.1, 0.15) is 13.8 Å². The van der Waals surface area contributed by atoms with Crippen molar-refractivity contribution in [2.75, 3.05) is 7.11 Å². The maximum atomic E-state index is 5.25. The van der Waals surface area contributed by atoms with Crippen LogP contribution in [0.4, 0.5) is 0 Å². The van der Waals surface area contributed by atoms with Crippen LogP contribution in [0.3, 0.4) is 0 Å². The van der Waals surface area contributed by atoms with E-state index in [9.17, 15) is 0 Å². The van der Waals surface area contributed by atoms with E-state index in [1.54, 1.807) is 27.0 Å². The van der Waals surface area contributed by atoms with Gasteiger partial charge in [-0.1, -0.05) is 6.58 Å². The summed E-state index contributed by atoms with van der Waals surface area (Å²) < 4.78 is 15.4. The van der Waals surface area contributed by atoms with Crippen molar-refractivity contribution in [1.82, 2.24) is 0 Å². The monoisotopic (exact) mass is 156 g/mol. The first kappa shape index (κ1) is 7.98. The minimum atomic E-state index is -0.669. The Hall–Kier alpha value is -1.12. The molecule has 0 N–H and O–H groups in total. The van der Waals surface area contributed by atoms with Gasteiger partial charge in [-0.25, -0.2) is 0 Å². The maximum Gasteiger partial charge on any atom is 0.285 e. The highest BCUT2D eigenvalue weighted by molar-refractivity contribution is 5.11. The summed E-state index contributed by atoms with van der Waals surface area (Å²) in [5.41, 5.74) is 0. The fraction of sp³-hybridized carbons (Fsp3) is 0.500. The van der Waals surface area contributed by atoms with Gasteiger partial charge in [0.25, 0.3) is 5.95 Å². The van der Waals surface area contributed by atoms with E-state index in [1.807, 2.05) is 0 Å². The lowest BCUT2D eigenvalue weighted by molar-refractivity contribution is -0.201. The summed E-state index contributed by atoms with van der Waals surface area (Å²) in [7, 11) is 1.54. The number of ether oxygens (including phenoxy) is 3. The molecule has 3 nitrogen and oxygen atoms in total. The zero-order valence-electron chi connectivity index (χ0n) is 7.01. The van der Waals surface area contributed by atoms with E-state index in [0.29, 0.717) is 11.7 Å². The van der Waals surface area contributed by atoms with Gasteiger partial charge in [0.2, 0.25) is 5.79 Å². The van der Waals surface area contributed by atoms with Crippen molar-refractivity contribution < 1.29 is 14.2 Å². The predicted molar refractivity (Wildman–Crippen MR) is 40.5 cm³/mol. The van der Waals surface area contributed by atoms with Gasteiger partial charge < -0.3 is 14.2 Å². The maximum absolute atomic E-state index is 5.25. The molecular formula is C8H12O3. The number of rotatable bonds is 1. The molecule has 0 aromatic heterocycles. The summed E-state index contributed by atoms with van der Waals surface area (Å²) in [5, 5.41) is 0. The molecule has 0 atom stereocenters. The second-order valence-electron chi connectivity index (χ2n) is 2.74. The molecule has 0 unspecified atom stereocenters. The predicted octanol–water partition coefficient (Wildman–Crippen LogP) is 1.77. The van der Waals surface area contributed by atoms with E-state index in [-0.39, 0.29) is 0 Å². The van der Waals surface area contributed by atoms with Crippen LogP contribution >= 0.6 is 0 Å². The Morgan fingerprint density at radius 1 is 1.45 bits per heavy atom. The summed E-state index contributed by atoms with van der Waals surface area (Å²) >= 11 is 0. The molecule has 0 bridgehead atoms. The van der Waals surface area contributed by atoms with E-state index < -0.39 is 5.79 Å². The van der Waals surface area contributed by atoms with Crippen LogP contribution in [-0.4, -0.2) is 12.9 Å². The highest BCUT2D eigenvalue weighted by Crippen LogP contribution is 2.25. The Labute approximate surface area is 66.2 Å². The lowest BCUT2D eigenvalue weighted by atomic mass is 10.3. The van der Waals surface area contributed by atoms with Gasteiger partial charge in [0.1, 0.15) is 5.76 Å². The smallest absolute Gasteiger partial charge is 0.285 e. The van der Waals surface area contributed by atoms with Gasteiger partial charge in [0, 0.05) is 13.8 Å². The van der Waals surface area contributed by atoms with Crippen LogP contribution in [0.25, 0.3) is 0 Å². The van der Waals surface area contributed by atoms with Gasteiger partial charge in [-0.3, -0.25) is 0 Å². The van der Waals surface area contributed by atoms with Crippen LogP contribution < -0.4 is 0 Å². The molecule has 0 saturated heterocycles. The third kappa shape index (κ3) is 1.90. The molecule has 62 valence electrons. The summed E-state index contributed by atoms with van der Waals surface area (Å²) in [6.45, 7) is 7.24. The van der Waals surface area contributed by atoms with E-state index >= 15 is 0 Å². The van der Waals surface area contributed by atoms with Crippen molar-refractivity contribution >= 4 is 0 Å². The SMILES string of the molecule is C=C1C=C(OC)OC(C)(C)O1. The lowest BCUT2D eigenvalue weighted by Crippen LogP contribution is -2.30. The molecule has 1 heterocycles. The van der Waals surface area contributed by atoms with Crippen molar-refractivity contribution in [3.63, 3.8) is 0 Å². The molecule has 0 aromatic carbocycles. The van der Waals surface area contributed by atoms with Gasteiger partial charge >= 0.3 is 0 Å². The second kappa shape index (κ2) is 2.49. The third-order valence-corrected chi connectivity index (χ3v) is 1.20. The molecule has 0 spiro atoms. The van der Waals surface area contributed by atoms with E-state index in [2.05, 4.69) is 6.58 Å². The molecule has 0 aliphatic carbocycles. The Bertz CT molecular complexity index is 203. The third-order valence-electron chi connectivity index (χ3n) is 1.20. The zero-order valence-corrected chi connectivity index (χ0v) is 7.01. The fourth-order valence-electron chi connectivity index (χ4n) is 0.870. The molecule has 0 amide bonds. The fourth-order valence-corrected chi connectivity index (χ4v) is 0.870. The Morgan fingerprint density at radius 3 is 2.55 bits per heavy atom. The summed E-state index contributed by atoms with van der Waals surface area (Å²) in [6, 6.07) is 0. The molecule has 1 rings (SSSR count). The normalized spacial score (nSPS) is 21.4. The Morgan fingerprint density at radius 2 is 2.09 bits per heavy atom. The molecule has 0 fully saturated rings. The van der Waals surface area contributed by atoms with Crippen molar-refractivity contribution in [2.45, 2.75) is 19.6 Å². The quantitative estimate of drug-likeness (QED) is 0.579. The summed E-state index contributed by atoms with van der Waals surface area (Å²) in [5.74, 6) is 0.321. The molecule has 0 saturated carbocycles. The zero-order chi connectivity index (χ0) is 8.48. The molecule has 1 aliphatic rings. The topological polar surface area (TPSA) is 27.7 Å². The average Bonchev–Trinajstić information content (AvgIpc) is 1.83. The number of hydrogen-bond donors (Lipinski definition) is 0. The van der Waals surface area contributed by atoms with Crippen LogP contribution in [0.15, 0.2) is 24.4 Å². The Kier molecular flexibility index (Phi) is 1.81. The molecular weight excluding hydrogens is 144 g/mol. The van der Waals surface area contributed by atoms with Crippen molar-refractivity contribution in [1.29, 1.82) is 0 Å². The minimum absolute atomic E-state index is 0.436. The van der Waals surface area contributed by atoms with Gasteiger partial charge in [0.05, 0.1) is 13.2 Å². The molecule has 3 heteroatoms. The summed E-state index contributed by atoms with van der Waals surface area (Å²) in [4.78, 5) is 0. The van der Waals surface area contributed by atoms with Gasteiger partial charge in [-0.05, 0) is 0 Å². The molecule has 0 aromatic rings. The first-order chi connectivity index (χ1) is 5.03. The van der Waals surface area contributed by atoms with Crippen LogP contribution in [0, 0.1) is 0 Å². The number of hydrogen-bond acceptors (Lipinski definition) is 3. The molecule has 0 radical (unpaired) electrons. The first-order valence-corrected chi connectivity index (χ1v) is 3.36. The number of methoxy groups -OCH3 is 1. The first-order valence-electron chi connectivity index (χ1n) is 3.36. The number of allylic oxidation sites excluding steroid dienone is 1. The van der Waals surface area contributed by atoms with Gasteiger partial charge in [-0.2, -0.15) is 0 Å². The standard InChI is InChI=1S/C8H12O3/c1-6-5-7(9-4)11-8(2,3)10-6/h5H,1H2,2-4H3. The van der Waals surface area contributed by atoms with E-state index in [0.717, 1.165) is 0 Å². The largest absolute Gasteiger partial charge is 0.469 e. The van der Waals surface area contributed by atoms with E-state index in [1.165, 1.54) is 0 Å².